The van der Waals surface area contributed by atoms with Gasteiger partial charge in [-0.25, -0.2) is 0 Å². The number of cyclic esters (lactones) is 1. The molecule has 37 heavy (non-hydrogen) atoms. The van der Waals surface area contributed by atoms with Gasteiger partial charge in [-0.2, -0.15) is 0 Å². The van der Waals surface area contributed by atoms with Gasteiger partial charge in [0.25, 0.3) is 0 Å². The lowest BCUT2D eigenvalue weighted by Gasteiger charge is -2.53. The second kappa shape index (κ2) is 8.68. The summed E-state index contributed by atoms with van der Waals surface area (Å²) in [7, 11) is 4.58. The lowest BCUT2D eigenvalue weighted by atomic mass is 9.55. The average Bonchev–Trinajstić information content (AvgIpc) is 3.54. The van der Waals surface area contributed by atoms with E-state index in [1.807, 2.05) is 0 Å². The van der Waals surface area contributed by atoms with E-state index >= 15 is 0 Å². The van der Waals surface area contributed by atoms with Crippen molar-refractivity contribution in [2.24, 2.45) is 11.8 Å². The van der Waals surface area contributed by atoms with Crippen LogP contribution in [0.15, 0.2) is 24.3 Å². The Kier molecular flexibility index (Phi) is 5.66. The third-order valence-electron chi connectivity index (χ3n) is 8.37. The van der Waals surface area contributed by atoms with E-state index in [0.717, 1.165) is 0 Å². The molecule has 4 aliphatic rings. The van der Waals surface area contributed by atoms with Gasteiger partial charge in [-0.05, 0) is 41.0 Å². The van der Waals surface area contributed by atoms with Crippen molar-refractivity contribution in [1.82, 2.24) is 0 Å². The van der Waals surface area contributed by atoms with Crippen LogP contribution < -0.4 is 23.7 Å². The van der Waals surface area contributed by atoms with E-state index in [1.165, 1.54) is 21.3 Å². The molecule has 3 heterocycles. The maximum absolute atomic E-state index is 13.4. The summed E-state index contributed by atoms with van der Waals surface area (Å²) in [6.45, 7) is 0.596. The number of ether oxygens (including phenoxy) is 7. The van der Waals surface area contributed by atoms with Crippen LogP contribution in [0, 0.1) is 11.8 Å². The van der Waals surface area contributed by atoms with E-state index in [9.17, 15) is 15.0 Å². The van der Waals surface area contributed by atoms with Crippen molar-refractivity contribution in [2.75, 3.05) is 47.9 Å². The van der Waals surface area contributed by atoms with Crippen LogP contribution in [0.25, 0.3) is 0 Å². The maximum Gasteiger partial charge on any atom is 0.310 e. The number of benzene rings is 2. The van der Waals surface area contributed by atoms with Gasteiger partial charge in [0.05, 0.1) is 33.9 Å². The fourth-order valence-corrected chi connectivity index (χ4v) is 6.58. The van der Waals surface area contributed by atoms with Crippen molar-refractivity contribution >= 4 is 5.97 Å². The van der Waals surface area contributed by atoms with Crippen molar-refractivity contribution in [1.29, 1.82) is 0 Å². The summed E-state index contributed by atoms with van der Waals surface area (Å²) in [5.41, 5.74) is -1.49. The molecular formula is C27H30O10. The molecule has 2 saturated heterocycles. The quantitative estimate of drug-likeness (QED) is 0.574. The van der Waals surface area contributed by atoms with Gasteiger partial charge in [0.1, 0.15) is 11.2 Å². The molecule has 10 heteroatoms. The van der Waals surface area contributed by atoms with Crippen molar-refractivity contribution < 1.29 is 48.2 Å². The number of fused-ring (bicyclic) bond motifs is 3. The maximum atomic E-state index is 13.4. The number of methoxy groups -OCH3 is 3. The van der Waals surface area contributed by atoms with Crippen molar-refractivity contribution in [3.05, 3.63) is 41.0 Å². The van der Waals surface area contributed by atoms with Gasteiger partial charge in [-0.15, -0.1) is 0 Å². The van der Waals surface area contributed by atoms with Gasteiger partial charge in [0.15, 0.2) is 23.0 Å². The Labute approximate surface area is 213 Å². The first-order chi connectivity index (χ1) is 17.9. The molecule has 0 radical (unpaired) electrons. The zero-order valence-electron chi connectivity index (χ0n) is 20.9. The first-order valence-electron chi connectivity index (χ1n) is 12.3. The number of rotatable bonds is 5. The highest BCUT2D eigenvalue weighted by Crippen LogP contribution is 2.61. The van der Waals surface area contributed by atoms with E-state index in [0.29, 0.717) is 58.7 Å². The second-order valence-electron chi connectivity index (χ2n) is 9.90. The fourth-order valence-electron chi connectivity index (χ4n) is 6.58. The molecule has 10 nitrogen and oxygen atoms in total. The minimum atomic E-state index is -1.79. The Morgan fingerprint density at radius 2 is 1.54 bits per heavy atom. The Balaban J connectivity index is 1.63. The van der Waals surface area contributed by atoms with Crippen LogP contribution in [0.1, 0.15) is 35.4 Å². The molecule has 0 spiro atoms. The molecule has 2 aromatic rings. The van der Waals surface area contributed by atoms with E-state index < -0.39 is 34.9 Å². The molecule has 2 fully saturated rings. The minimum Gasteiger partial charge on any atom is -0.493 e. The van der Waals surface area contributed by atoms with Crippen LogP contribution >= 0.6 is 0 Å². The van der Waals surface area contributed by atoms with Crippen LogP contribution in [-0.2, 0) is 19.9 Å². The van der Waals surface area contributed by atoms with Crippen LogP contribution in [0.2, 0.25) is 0 Å². The Morgan fingerprint density at radius 1 is 0.892 bits per heavy atom. The lowest BCUT2D eigenvalue weighted by molar-refractivity contribution is -0.228. The molecule has 0 amide bonds. The van der Waals surface area contributed by atoms with Crippen LogP contribution in [0.4, 0.5) is 0 Å². The number of esters is 1. The van der Waals surface area contributed by atoms with E-state index in [1.54, 1.807) is 24.3 Å². The SMILES string of the molecule is COc1cc([C@@H]2c3cc4c(cc3[C@](O)(C3(O)CCOCC3)[C@H]3COC(=O)[C@H]23)OCO4)cc(OC)c1OC. The summed E-state index contributed by atoms with van der Waals surface area (Å²) >= 11 is 0. The molecule has 1 aliphatic carbocycles. The van der Waals surface area contributed by atoms with Crippen LogP contribution in [-0.4, -0.2) is 69.7 Å². The van der Waals surface area contributed by atoms with Crippen molar-refractivity contribution in [3.8, 4) is 28.7 Å². The summed E-state index contributed by atoms with van der Waals surface area (Å²) < 4.78 is 39.1. The van der Waals surface area contributed by atoms with Crippen molar-refractivity contribution in [3.63, 3.8) is 0 Å². The predicted octanol–water partition coefficient (Wildman–Crippen LogP) is 2.10. The Bertz CT molecular complexity index is 1210. The third kappa shape index (κ3) is 3.32. The summed E-state index contributed by atoms with van der Waals surface area (Å²) in [4.78, 5) is 13.4. The number of hydrogen-bond acceptors (Lipinski definition) is 10. The van der Waals surface area contributed by atoms with Crippen LogP contribution in [0.5, 0.6) is 28.7 Å². The number of aliphatic hydroxyl groups is 2. The highest BCUT2D eigenvalue weighted by molar-refractivity contribution is 5.79. The highest BCUT2D eigenvalue weighted by atomic mass is 16.7. The van der Waals surface area contributed by atoms with E-state index in [-0.39, 0.29) is 26.2 Å². The third-order valence-corrected chi connectivity index (χ3v) is 8.37. The predicted molar refractivity (Wildman–Crippen MR) is 127 cm³/mol. The monoisotopic (exact) mass is 514 g/mol. The largest absolute Gasteiger partial charge is 0.493 e. The standard InChI is InChI=1S/C27H30O10/c1-31-20-8-14(9-21(32-2)24(20)33-3)22-15-10-18-19(37-13-36-18)11-16(15)27(30,17-12-35-25(28)23(17)22)26(29)4-6-34-7-5-26/h8-11,17,22-23,29-30H,4-7,12-13H2,1-3H3/t17-,22+,23-,27+/m0/s1. The molecule has 4 atom stereocenters. The van der Waals surface area contributed by atoms with Crippen LogP contribution in [0.3, 0.4) is 0 Å². The minimum absolute atomic E-state index is 0.0298. The number of hydrogen-bond donors (Lipinski definition) is 2. The normalized spacial score (nSPS) is 29.2. The zero-order chi connectivity index (χ0) is 25.9. The molecule has 3 aliphatic heterocycles. The molecule has 0 aromatic heterocycles. The number of carbonyl (C=O) groups excluding carboxylic acids is 1. The summed E-state index contributed by atoms with van der Waals surface area (Å²) in [6, 6.07) is 7.13. The zero-order valence-corrected chi connectivity index (χ0v) is 20.9. The summed E-state index contributed by atoms with van der Waals surface area (Å²) in [5.74, 6) is -0.232. The molecular weight excluding hydrogens is 484 g/mol. The second-order valence-corrected chi connectivity index (χ2v) is 9.90. The molecule has 0 unspecified atom stereocenters. The molecule has 6 rings (SSSR count). The molecule has 2 aromatic carbocycles. The van der Waals surface area contributed by atoms with Gasteiger partial charge in [-0.3, -0.25) is 4.79 Å². The Morgan fingerprint density at radius 3 is 2.16 bits per heavy atom. The summed E-state index contributed by atoms with van der Waals surface area (Å²) in [6.07, 6.45) is 0.424. The highest BCUT2D eigenvalue weighted by Gasteiger charge is 2.66. The molecule has 198 valence electrons. The van der Waals surface area contributed by atoms with Gasteiger partial charge >= 0.3 is 5.97 Å². The van der Waals surface area contributed by atoms with E-state index in [4.69, 9.17) is 33.2 Å². The first-order valence-corrected chi connectivity index (χ1v) is 12.3. The van der Waals surface area contributed by atoms with Gasteiger partial charge in [0.2, 0.25) is 12.5 Å². The van der Waals surface area contributed by atoms with Crippen molar-refractivity contribution in [2.45, 2.75) is 30.0 Å². The average molecular weight is 515 g/mol. The first kappa shape index (κ1) is 24.1. The molecule has 0 bridgehead atoms. The molecule has 2 N–H and O–H groups in total. The Hall–Kier alpha value is -3.21. The summed E-state index contributed by atoms with van der Waals surface area (Å²) in [5, 5.41) is 24.5. The van der Waals surface area contributed by atoms with Gasteiger partial charge in [-0.1, -0.05) is 0 Å². The number of carbonyl (C=O) groups is 1. The smallest absolute Gasteiger partial charge is 0.310 e. The van der Waals surface area contributed by atoms with Gasteiger partial charge < -0.3 is 43.4 Å². The fraction of sp³-hybridized carbons (Fsp3) is 0.519. The van der Waals surface area contributed by atoms with E-state index in [2.05, 4.69) is 0 Å². The topological polar surface area (TPSA) is 122 Å². The van der Waals surface area contributed by atoms with Gasteiger partial charge in [0, 0.05) is 37.9 Å². The lowest BCUT2D eigenvalue weighted by Crippen LogP contribution is -2.62. The molecule has 0 saturated carbocycles.